The monoisotopic (exact) mass is 262 g/mol. The van der Waals surface area contributed by atoms with E-state index in [0.717, 1.165) is 12.0 Å². The van der Waals surface area contributed by atoms with Gasteiger partial charge in [-0.1, -0.05) is 36.5 Å². The van der Waals surface area contributed by atoms with E-state index in [4.69, 9.17) is 23.2 Å². The topological polar surface area (TPSA) is 20.2 Å². The predicted octanol–water partition coefficient (Wildman–Crippen LogP) is 4.01. The lowest BCUT2D eigenvalue weighted by atomic mass is 9.66. The molecule has 1 fully saturated rings. The number of aliphatic hydroxyl groups excluding tert-OH is 1. The molecule has 88 valence electrons. The Morgan fingerprint density at radius 1 is 1.38 bits per heavy atom. The summed E-state index contributed by atoms with van der Waals surface area (Å²) in [5.74, 6) is -0.116. The van der Waals surface area contributed by atoms with Crippen molar-refractivity contribution in [1.29, 1.82) is 0 Å². The van der Waals surface area contributed by atoms with Gasteiger partial charge in [0.15, 0.2) is 0 Å². The van der Waals surface area contributed by atoms with Crippen LogP contribution in [0, 0.1) is 11.7 Å². The highest BCUT2D eigenvalue weighted by Gasteiger charge is 2.40. The van der Waals surface area contributed by atoms with Gasteiger partial charge >= 0.3 is 0 Å². The zero-order valence-corrected chi connectivity index (χ0v) is 10.4. The summed E-state index contributed by atoms with van der Waals surface area (Å²) in [5, 5.41) is 10.1. The Labute approximate surface area is 104 Å². The van der Waals surface area contributed by atoms with Gasteiger partial charge in [-0.3, -0.25) is 0 Å². The summed E-state index contributed by atoms with van der Waals surface area (Å²) in [6, 6.07) is 2.83. The van der Waals surface area contributed by atoms with Crippen LogP contribution in [0.4, 0.5) is 4.39 Å². The van der Waals surface area contributed by atoms with Gasteiger partial charge in [-0.15, -0.1) is 0 Å². The molecule has 0 bridgehead atoms. The molecule has 0 amide bonds. The number of halogens is 3. The standard InChI is InChI=1S/C12H13Cl2FO/c1-2-6-7(4-12(6)16)8-3-11(15)10(14)5-9(8)13/h3,5-7,12,16H,2,4H2,1H3. The zero-order chi connectivity index (χ0) is 11.9. The molecule has 0 radical (unpaired) electrons. The molecular weight excluding hydrogens is 250 g/mol. The van der Waals surface area contributed by atoms with E-state index >= 15 is 0 Å². The van der Waals surface area contributed by atoms with Crippen molar-refractivity contribution >= 4 is 23.2 Å². The highest BCUT2D eigenvalue weighted by molar-refractivity contribution is 6.35. The van der Waals surface area contributed by atoms with E-state index in [-0.39, 0.29) is 23.0 Å². The molecule has 0 saturated heterocycles. The largest absolute Gasteiger partial charge is 0.393 e. The normalized spacial score (nSPS) is 28.9. The number of benzene rings is 1. The van der Waals surface area contributed by atoms with Gasteiger partial charge in [-0.05, 0) is 36.0 Å². The Bertz CT molecular complexity index is 408. The molecule has 1 aromatic carbocycles. The second-order valence-electron chi connectivity index (χ2n) is 4.27. The first-order valence-corrected chi connectivity index (χ1v) is 6.12. The maximum Gasteiger partial charge on any atom is 0.142 e. The molecule has 0 heterocycles. The highest BCUT2D eigenvalue weighted by Crippen LogP contribution is 2.47. The first-order chi connectivity index (χ1) is 7.54. The minimum atomic E-state index is -0.447. The molecule has 1 N–H and O–H groups in total. The van der Waals surface area contributed by atoms with Crippen molar-refractivity contribution in [2.75, 3.05) is 0 Å². The Morgan fingerprint density at radius 3 is 2.62 bits per heavy atom. The van der Waals surface area contributed by atoms with Gasteiger partial charge in [0, 0.05) is 5.02 Å². The van der Waals surface area contributed by atoms with Crippen molar-refractivity contribution in [3.05, 3.63) is 33.6 Å². The lowest BCUT2D eigenvalue weighted by Gasteiger charge is -2.42. The predicted molar refractivity (Wildman–Crippen MR) is 63.6 cm³/mol. The number of rotatable bonds is 2. The third kappa shape index (κ3) is 1.94. The van der Waals surface area contributed by atoms with Crippen molar-refractivity contribution in [2.24, 2.45) is 5.92 Å². The molecule has 0 aromatic heterocycles. The van der Waals surface area contributed by atoms with Crippen LogP contribution in [-0.2, 0) is 0 Å². The fourth-order valence-electron chi connectivity index (χ4n) is 2.42. The van der Waals surface area contributed by atoms with E-state index in [1.807, 2.05) is 6.92 Å². The molecule has 1 nitrogen and oxygen atoms in total. The Hall–Kier alpha value is -0.310. The van der Waals surface area contributed by atoms with Crippen LogP contribution in [0.15, 0.2) is 12.1 Å². The van der Waals surface area contributed by atoms with Crippen LogP contribution in [0.2, 0.25) is 10.0 Å². The van der Waals surface area contributed by atoms with Crippen molar-refractivity contribution < 1.29 is 9.50 Å². The lowest BCUT2D eigenvalue weighted by Crippen LogP contribution is -2.39. The summed E-state index contributed by atoms with van der Waals surface area (Å²) in [4.78, 5) is 0. The van der Waals surface area contributed by atoms with Crippen LogP contribution in [0.25, 0.3) is 0 Å². The molecule has 1 saturated carbocycles. The van der Waals surface area contributed by atoms with E-state index in [1.54, 1.807) is 0 Å². The molecule has 1 aromatic rings. The molecule has 1 aliphatic carbocycles. The molecule has 3 atom stereocenters. The van der Waals surface area contributed by atoms with Crippen molar-refractivity contribution in [3.63, 3.8) is 0 Å². The Balaban J connectivity index is 2.31. The smallest absolute Gasteiger partial charge is 0.142 e. The first-order valence-electron chi connectivity index (χ1n) is 5.37. The van der Waals surface area contributed by atoms with Crippen LogP contribution in [0.5, 0.6) is 0 Å². The van der Waals surface area contributed by atoms with Crippen LogP contribution < -0.4 is 0 Å². The van der Waals surface area contributed by atoms with Gasteiger partial charge in [-0.25, -0.2) is 4.39 Å². The fraction of sp³-hybridized carbons (Fsp3) is 0.500. The summed E-state index contributed by atoms with van der Waals surface area (Å²) in [5.41, 5.74) is 0.765. The SMILES string of the molecule is CCC1C(O)CC1c1cc(F)c(Cl)cc1Cl. The molecule has 2 rings (SSSR count). The Morgan fingerprint density at radius 2 is 2.06 bits per heavy atom. The van der Waals surface area contributed by atoms with E-state index in [0.29, 0.717) is 11.4 Å². The second kappa shape index (κ2) is 4.52. The van der Waals surface area contributed by atoms with Gasteiger partial charge < -0.3 is 5.11 Å². The van der Waals surface area contributed by atoms with E-state index in [1.165, 1.54) is 12.1 Å². The minimum absolute atomic E-state index is 0.0432. The maximum absolute atomic E-state index is 13.4. The van der Waals surface area contributed by atoms with Gasteiger partial charge in [-0.2, -0.15) is 0 Å². The van der Waals surface area contributed by atoms with Crippen LogP contribution in [0.1, 0.15) is 31.2 Å². The molecule has 0 spiro atoms. The quantitative estimate of drug-likeness (QED) is 0.799. The summed E-state index contributed by atoms with van der Waals surface area (Å²) in [6.45, 7) is 2.01. The van der Waals surface area contributed by atoms with E-state index in [2.05, 4.69) is 0 Å². The molecule has 1 aliphatic rings. The van der Waals surface area contributed by atoms with E-state index in [9.17, 15) is 9.50 Å². The van der Waals surface area contributed by atoms with Crippen molar-refractivity contribution in [3.8, 4) is 0 Å². The molecular formula is C12H13Cl2FO. The molecule has 0 aliphatic heterocycles. The van der Waals surface area contributed by atoms with Gasteiger partial charge in [0.05, 0.1) is 11.1 Å². The van der Waals surface area contributed by atoms with Crippen molar-refractivity contribution in [1.82, 2.24) is 0 Å². The third-order valence-electron chi connectivity index (χ3n) is 3.42. The van der Waals surface area contributed by atoms with Gasteiger partial charge in [0.25, 0.3) is 0 Å². The Kier molecular flexibility index (Phi) is 3.43. The molecule has 3 unspecified atom stereocenters. The number of aliphatic hydroxyl groups is 1. The fourth-order valence-corrected chi connectivity index (χ4v) is 2.94. The van der Waals surface area contributed by atoms with Crippen molar-refractivity contribution in [2.45, 2.75) is 31.8 Å². The van der Waals surface area contributed by atoms with Crippen LogP contribution >= 0.6 is 23.2 Å². The lowest BCUT2D eigenvalue weighted by molar-refractivity contribution is -0.000778. The number of hydrogen-bond acceptors (Lipinski definition) is 1. The first kappa shape index (κ1) is 12.2. The second-order valence-corrected chi connectivity index (χ2v) is 5.08. The molecule has 4 heteroatoms. The van der Waals surface area contributed by atoms with Gasteiger partial charge in [0.1, 0.15) is 5.82 Å². The summed E-state index contributed by atoms with van der Waals surface area (Å²) >= 11 is 11.7. The van der Waals surface area contributed by atoms with Crippen LogP contribution in [-0.4, -0.2) is 11.2 Å². The molecule has 16 heavy (non-hydrogen) atoms. The minimum Gasteiger partial charge on any atom is -0.393 e. The highest BCUT2D eigenvalue weighted by atomic mass is 35.5. The summed E-state index contributed by atoms with van der Waals surface area (Å²) < 4.78 is 13.4. The number of hydrogen-bond donors (Lipinski definition) is 1. The van der Waals surface area contributed by atoms with E-state index < -0.39 is 5.82 Å². The van der Waals surface area contributed by atoms with Crippen LogP contribution in [0.3, 0.4) is 0 Å². The average molecular weight is 263 g/mol. The average Bonchev–Trinajstić information content (AvgIpc) is 2.21. The summed E-state index contributed by atoms with van der Waals surface area (Å²) in [7, 11) is 0. The third-order valence-corrected chi connectivity index (χ3v) is 4.03. The maximum atomic E-state index is 13.4. The zero-order valence-electron chi connectivity index (χ0n) is 8.88. The van der Waals surface area contributed by atoms with Gasteiger partial charge in [0.2, 0.25) is 0 Å². The summed E-state index contributed by atoms with van der Waals surface area (Å²) in [6.07, 6.45) is 1.23.